The first kappa shape index (κ1) is 14.6. The molecule has 0 unspecified atom stereocenters. The van der Waals surface area contributed by atoms with Crippen LogP contribution in [0.1, 0.15) is 10.4 Å². The molecule has 122 valence electrons. The Labute approximate surface area is 139 Å². The lowest BCUT2D eigenvalue weighted by molar-refractivity contribution is 0.0746. The lowest BCUT2D eigenvalue weighted by Crippen LogP contribution is -2.49. The first-order chi connectivity index (χ1) is 11.7. The van der Waals surface area contributed by atoms with E-state index in [9.17, 15) is 4.79 Å². The Balaban J connectivity index is 1.46. The van der Waals surface area contributed by atoms with E-state index in [4.69, 9.17) is 0 Å². The van der Waals surface area contributed by atoms with Gasteiger partial charge >= 0.3 is 0 Å². The molecule has 3 heterocycles. The van der Waals surface area contributed by atoms with Crippen LogP contribution < -0.4 is 4.90 Å². The number of benzene rings is 1. The molecule has 1 amide bonds. The minimum atomic E-state index is 0.0346. The van der Waals surface area contributed by atoms with E-state index in [1.807, 2.05) is 36.2 Å². The summed E-state index contributed by atoms with van der Waals surface area (Å²) in [6, 6.07) is 7.84. The van der Waals surface area contributed by atoms with E-state index in [-0.39, 0.29) is 5.91 Å². The third-order valence-corrected chi connectivity index (χ3v) is 4.28. The summed E-state index contributed by atoms with van der Waals surface area (Å²) in [5.41, 5.74) is 2.42. The largest absolute Gasteiger partial charge is 0.352 e. The van der Waals surface area contributed by atoms with Gasteiger partial charge in [-0.25, -0.2) is 4.98 Å². The van der Waals surface area contributed by atoms with Crippen molar-refractivity contribution in [2.24, 2.45) is 7.05 Å². The molecule has 1 fully saturated rings. The Morgan fingerprint density at radius 1 is 1.04 bits per heavy atom. The number of carbonyl (C=O) groups excluding carboxylic acids is 1. The molecule has 4 rings (SSSR count). The van der Waals surface area contributed by atoms with Gasteiger partial charge in [0.05, 0.1) is 29.0 Å². The lowest BCUT2D eigenvalue weighted by Gasteiger charge is -2.35. The van der Waals surface area contributed by atoms with Gasteiger partial charge in [0.15, 0.2) is 0 Å². The maximum atomic E-state index is 12.5. The van der Waals surface area contributed by atoms with Crippen molar-refractivity contribution in [1.29, 1.82) is 0 Å². The molecular formula is C17H18N6O. The SMILES string of the molecule is Cn1cc(C(=O)N2CCN(c3cnc4ccccc4n3)CC2)cn1. The van der Waals surface area contributed by atoms with Gasteiger partial charge in [0.2, 0.25) is 0 Å². The molecule has 0 bridgehead atoms. The van der Waals surface area contributed by atoms with Crippen molar-refractivity contribution in [2.45, 2.75) is 0 Å². The molecule has 7 nitrogen and oxygen atoms in total. The minimum absolute atomic E-state index is 0.0346. The Morgan fingerprint density at radius 3 is 2.50 bits per heavy atom. The Hall–Kier alpha value is -2.96. The summed E-state index contributed by atoms with van der Waals surface area (Å²) in [5.74, 6) is 0.898. The van der Waals surface area contributed by atoms with Gasteiger partial charge in [-0.1, -0.05) is 12.1 Å². The van der Waals surface area contributed by atoms with Crippen molar-refractivity contribution in [3.63, 3.8) is 0 Å². The van der Waals surface area contributed by atoms with Gasteiger partial charge in [-0.15, -0.1) is 0 Å². The average Bonchev–Trinajstić information content (AvgIpc) is 3.07. The van der Waals surface area contributed by atoms with Crippen molar-refractivity contribution < 1.29 is 4.79 Å². The zero-order valence-electron chi connectivity index (χ0n) is 13.5. The van der Waals surface area contributed by atoms with Crippen molar-refractivity contribution >= 4 is 22.8 Å². The third-order valence-electron chi connectivity index (χ3n) is 4.28. The molecule has 1 aliphatic heterocycles. The summed E-state index contributed by atoms with van der Waals surface area (Å²) in [6.07, 6.45) is 5.17. The van der Waals surface area contributed by atoms with Gasteiger partial charge in [0, 0.05) is 39.4 Å². The lowest BCUT2D eigenvalue weighted by atomic mass is 10.2. The van der Waals surface area contributed by atoms with Crippen LogP contribution in [0, 0.1) is 0 Å². The third kappa shape index (κ3) is 2.68. The molecule has 1 aromatic carbocycles. The van der Waals surface area contributed by atoms with Gasteiger partial charge in [-0.05, 0) is 12.1 Å². The molecule has 0 spiro atoms. The fourth-order valence-electron chi connectivity index (χ4n) is 2.95. The molecule has 0 saturated carbocycles. The summed E-state index contributed by atoms with van der Waals surface area (Å²) < 4.78 is 1.65. The number of piperazine rings is 1. The summed E-state index contributed by atoms with van der Waals surface area (Å²) >= 11 is 0. The smallest absolute Gasteiger partial charge is 0.257 e. The molecule has 0 N–H and O–H groups in total. The van der Waals surface area contributed by atoms with E-state index in [0.29, 0.717) is 18.7 Å². The number of aromatic nitrogens is 4. The van der Waals surface area contributed by atoms with Crippen LogP contribution in [0.5, 0.6) is 0 Å². The van der Waals surface area contributed by atoms with Gasteiger partial charge in [0.1, 0.15) is 5.82 Å². The molecular weight excluding hydrogens is 304 g/mol. The summed E-state index contributed by atoms with van der Waals surface area (Å²) in [7, 11) is 1.81. The predicted octanol–water partition coefficient (Wildman–Crippen LogP) is 1.33. The summed E-state index contributed by atoms with van der Waals surface area (Å²) in [4.78, 5) is 25.6. The van der Waals surface area contributed by atoms with Crippen LogP contribution in [0.2, 0.25) is 0 Å². The normalized spacial score (nSPS) is 15.0. The van der Waals surface area contributed by atoms with Gasteiger partial charge in [0.25, 0.3) is 5.91 Å². The quantitative estimate of drug-likeness (QED) is 0.712. The van der Waals surface area contributed by atoms with Crippen LogP contribution in [0.15, 0.2) is 42.9 Å². The fraction of sp³-hybridized carbons (Fsp3) is 0.294. The number of hydrogen-bond donors (Lipinski definition) is 0. The van der Waals surface area contributed by atoms with E-state index in [1.54, 1.807) is 23.3 Å². The number of para-hydroxylation sites is 2. The second-order valence-corrected chi connectivity index (χ2v) is 5.90. The summed E-state index contributed by atoms with van der Waals surface area (Å²) in [6.45, 7) is 2.84. The number of hydrogen-bond acceptors (Lipinski definition) is 5. The second-order valence-electron chi connectivity index (χ2n) is 5.90. The molecule has 1 saturated heterocycles. The molecule has 24 heavy (non-hydrogen) atoms. The first-order valence-electron chi connectivity index (χ1n) is 7.95. The van der Waals surface area contributed by atoms with E-state index >= 15 is 0 Å². The first-order valence-corrected chi connectivity index (χ1v) is 7.95. The highest BCUT2D eigenvalue weighted by Crippen LogP contribution is 2.17. The molecule has 0 radical (unpaired) electrons. The number of nitrogens with zero attached hydrogens (tertiary/aromatic N) is 6. The maximum absolute atomic E-state index is 12.5. The zero-order chi connectivity index (χ0) is 16.5. The van der Waals surface area contributed by atoms with Crippen LogP contribution in [-0.4, -0.2) is 56.7 Å². The molecule has 3 aromatic rings. The second kappa shape index (κ2) is 5.92. The van der Waals surface area contributed by atoms with Crippen molar-refractivity contribution in [1.82, 2.24) is 24.6 Å². The van der Waals surface area contributed by atoms with Crippen molar-refractivity contribution in [2.75, 3.05) is 31.1 Å². The predicted molar refractivity (Wildman–Crippen MR) is 90.9 cm³/mol. The number of amides is 1. The number of fused-ring (bicyclic) bond motifs is 1. The van der Waals surface area contributed by atoms with E-state index in [2.05, 4.69) is 20.0 Å². The number of anilines is 1. The number of carbonyl (C=O) groups is 1. The Bertz CT molecular complexity index is 881. The van der Waals surface area contributed by atoms with Gasteiger partial charge in [-0.2, -0.15) is 5.10 Å². The van der Waals surface area contributed by atoms with Gasteiger partial charge in [-0.3, -0.25) is 14.5 Å². The summed E-state index contributed by atoms with van der Waals surface area (Å²) in [5, 5.41) is 4.06. The molecule has 0 atom stereocenters. The van der Waals surface area contributed by atoms with Crippen LogP contribution >= 0.6 is 0 Å². The number of aryl methyl sites for hydroxylation is 1. The van der Waals surface area contributed by atoms with Crippen LogP contribution in [0.3, 0.4) is 0 Å². The highest BCUT2D eigenvalue weighted by Gasteiger charge is 2.23. The van der Waals surface area contributed by atoms with Crippen molar-refractivity contribution in [3.8, 4) is 0 Å². The Kier molecular flexibility index (Phi) is 3.60. The highest BCUT2D eigenvalue weighted by atomic mass is 16.2. The molecule has 0 aliphatic carbocycles. The number of rotatable bonds is 2. The fourth-order valence-corrected chi connectivity index (χ4v) is 2.95. The average molecular weight is 322 g/mol. The molecule has 2 aromatic heterocycles. The highest BCUT2D eigenvalue weighted by molar-refractivity contribution is 5.93. The van der Waals surface area contributed by atoms with Crippen LogP contribution in [0.4, 0.5) is 5.82 Å². The van der Waals surface area contributed by atoms with E-state index in [1.165, 1.54) is 0 Å². The zero-order valence-corrected chi connectivity index (χ0v) is 13.5. The van der Waals surface area contributed by atoms with E-state index < -0.39 is 0 Å². The Morgan fingerprint density at radius 2 is 1.79 bits per heavy atom. The maximum Gasteiger partial charge on any atom is 0.257 e. The molecule has 7 heteroatoms. The van der Waals surface area contributed by atoms with Crippen LogP contribution in [-0.2, 0) is 7.05 Å². The van der Waals surface area contributed by atoms with Crippen molar-refractivity contribution in [3.05, 3.63) is 48.4 Å². The minimum Gasteiger partial charge on any atom is -0.352 e. The van der Waals surface area contributed by atoms with Gasteiger partial charge < -0.3 is 9.80 Å². The van der Waals surface area contributed by atoms with E-state index in [0.717, 1.165) is 29.9 Å². The van der Waals surface area contributed by atoms with Crippen LogP contribution in [0.25, 0.3) is 11.0 Å². The topological polar surface area (TPSA) is 67.2 Å². The molecule has 1 aliphatic rings. The monoisotopic (exact) mass is 322 g/mol. The standard InChI is InChI=1S/C17H18N6O/c1-21-12-13(10-19-21)17(24)23-8-6-22(7-9-23)16-11-18-14-4-2-3-5-15(14)20-16/h2-5,10-12H,6-9H2,1H3.